The Morgan fingerprint density at radius 3 is 3.40 bits per heavy atom. The number of aromatic nitrogens is 1. The zero-order valence-electron chi connectivity index (χ0n) is 7.51. The summed E-state index contributed by atoms with van der Waals surface area (Å²) in [6.45, 7) is 0.278. The van der Waals surface area contributed by atoms with Gasteiger partial charge in [0.1, 0.15) is 12.4 Å². The molecule has 0 aromatic carbocycles. The van der Waals surface area contributed by atoms with E-state index in [9.17, 15) is 0 Å². The second kappa shape index (κ2) is 2.17. The molecule has 0 fully saturated rings. The topological polar surface area (TPSA) is 69.2 Å². The molecule has 1 unspecified atom stereocenters. The van der Waals surface area contributed by atoms with E-state index in [0.717, 1.165) is 0 Å². The molecular weight excluding hydrogens is 198 g/mol. The molecule has 6 nitrogen and oxygen atoms in total. The molecule has 15 heavy (non-hydrogen) atoms. The van der Waals surface area contributed by atoms with Gasteiger partial charge in [-0.3, -0.25) is 4.99 Å². The molecule has 3 aliphatic rings. The Bertz CT molecular complexity index is 627. The summed E-state index contributed by atoms with van der Waals surface area (Å²) in [5, 5.41) is 0.633. The lowest BCUT2D eigenvalue weighted by atomic mass is 10.0. The molecule has 74 valence electrons. The van der Waals surface area contributed by atoms with Gasteiger partial charge in [-0.1, -0.05) is 0 Å². The molecule has 1 atom stereocenters. The van der Waals surface area contributed by atoms with Gasteiger partial charge in [0.25, 0.3) is 5.72 Å². The van der Waals surface area contributed by atoms with Crippen LogP contribution in [-0.2, 0) is 9.47 Å². The molecule has 0 saturated heterocycles. The standard InChI is InChI=1S/C9H5N3O3/c1-5-7(11-2-13-5)8-9(12-4-14-8)6(1)10-3-15-9/h1-2,4H,3H2. The Labute approximate surface area is 83.3 Å². The van der Waals surface area contributed by atoms with Gasteiger partial charge in [0.2, 0.25) is 0 Å². The summed E-state index contributed by atoms with van der Waals surface area (Å²) >= 11 is 0. The van der Waals surface area contributed by atoms with Crippen LogP contribution in [0.5, 0.6) is 0 Å². The molecule has 0 N–H and O–H groups in total. The Kier molecular flexibility index (Phi) is 1.06. The second-order valence-electron chi connectivity index (χ2n) is 3.35. The van der Waals surface area contributed by atoms with Gasteiger partial charge in [0.05, 0.1) is 0 Å². The molecular formula is C9H5N3O3. The van der Waals surface area contributed by atoms with Crippen molar-refractivity contribution in [2.24, 2.45) is 9.98 Å². The van der Waals surface area contributed by atoms with E-state index in [1.54, 1.807) is 6.08 Å². The number of nitrogens with zero attached hydrogens (tertiary/aromatic N) is 3. The van der Waals surface area contributed by atoms with Crippen LogP contribution >= 0.6 is 0 Å². The summed E-state index contributed by atoms with van der Waals surface area (Å²) < 4.78 is 16.1. The van der Waals surface area contributed by atoms with Crippen LogP contribution in [0, 0.1) is 0 Å². The largest absolute Gasteiger partial charge is 0.443 e. The lowest BCUT2D eigenvalue weighted by Gasteiger charge is -2.20. The van der Waals surface area contributed by atoms with Gasteiger partial charge in [-0.05, 0) is 0 Å². The van der Waals surface area contributed by atoms with Crippen LogP contribution < -0.4 is 10.8 Å². The zero-order chi connectivity index (χ0) is 9.88. The summed E-state index contributed by atoms with van der Waals surface area (Å²) in [6.07, 6.45) is 4.50. The first kappa shape index (κ1) is 7.36. The number of oxazole rings is 1. The average molecular weight is 203 g/mol. The van der Waals surface area contributed by atoms with Crippen molar-refractivity contribution in [2.45, 2.75) is 5.72 Å². The number of aliphatic imine (C=N–C) groups is 2. The van der Waals surface area contributed by atoms with Crippen LogP contribution in [0.1, 0.15) is 0 Å². The average Bonchev–Trinajstić information content (AvgIpc) is 2.90. The van der Waals surface area contributed by atoms with Crippen molar-refractivity contribution >= 4 is 23.9 Å². The normalized spacial score (nSPS) is 30.1. The molecule has 1 aromatic heterocycles. The lowest BCUT2D eigenvalue weighted by molar-refractivity contribution is 0.0758. The first-order chi connectivity index (χ1) is 7.40. The highest BCUT2D eigenvalue weighted by Gasteiger charge is 2.50. The molecule has 1 spiro atoms. The van der Waals surface area contributed by atoms with Gasteiger partial charge >= 0.3 is 0 Å². The monoisotopic (exact) mass is 203 g/mol. The number of ether oxygens (including phenoxy) is 2. The first-order valence-electron chi connectivity index (χ1n) is 4.45. The Morgan fingerprint density at radius 1 is 1.40 bits per heavy atom. The van der Waals surface area contributed by atoms with Crippen molar-refractivity contribution < 1.29 is 13.9 Å². The molecule has 0 radical (unpaired) electrons. The summed E-state index contributed by atoms with van der Waals surface area (Å²) in [5.74, 6) is 0.546. The van der Waals surface area contributed by atoms with Gasteiger partial charge in [-0.2, -0.15) is 0 Å². The molecule has 0 saturated carbocycles. The molecule has 1 aromatic rings. The number of hydrogen-bond donors (Lipinski definition) is 0. The van der Waals surface area contributed by atoms with Gasteiger partial charge in [0, 0.05) is 6.08 Å². The molecule has 2 aliphatic heterocycles. The van der Waals surface area contributed by atoms with Crippen LogP contribution in [0.2, 0.25) is 0 Å². The Morgan fingerprint density at radius 2 is 2.40 bits per heavy atom. The van der Waals surface area contributed by atoms with Gasteiger partial charge in [-0.25, -0.2) is 9.98 Å². The SMILES string of the molecule is C1=NC23OCN=C2C=c2ocnc2=C3O1. The molecule has 3 heterocycles. The Balaban J connectivity index is 2.22. The zero-order valence-corrected chi connectivity index (χ0v) is 7.51. The fourth-order valence-electron chi connectivity index (χ4n) is 1.97. The molecule has 6 heteroatoms. The minimum atomic E-state index is -0.899. The van der Waals surface area contributed by atoms with E-state index in [-0.39, 0.29) is 6.73 Å². The first-order valence-corrected chi connectivity index (χ1v) is 4.45. The van der Waals surface area contributed by atoms with Gasteiger partial charge in [-0.15, -0.1) is 0 Å². The Hall–Kier alpha value is -1.95. The van der Waals surface area contributed by atoms with Crippen LogP contribution in [-0.4, -0.2) is 29.6 Å². The third kappa shape index (κ3) is 0.688. The summed E-state index contributed by atoms with van der Waals surface area (Å²) in [6, 6.07) is 0. The maximum atomic E-state index is 5.52. The molecule has 4 rings (SSSR count). The number of rotatable bonds is 0. The predicted octanol–water partition coefficient (Wildman–Crippen LogP) is -1.24. The molecule has 1 aliphatic carbocycles. The van der Waals surface area contributed by atoms with Crippen LogP contribution in [0.15, 0.2) is 20.8 Å². The maximum absolute atomic E-state index is 5.52. The van der Waals surface area contributed by atoms with Crippen molar-refractivity contribution in [3.63, 3.8) is 0 Å². The van der Waals surface area contributed by atoms with Crippen molar-refractivity contribution in [1.82, 2.24) is 4.98 Å². The third-order valence-corrected chi connectivity index (χ3v) is 2.65. The van der Waals surface area contributed by atoms with E-state index in [1.807, 2.05) is 0 Å². The van der Waals surface area contributed by atoms with E-state index in [0.29, 0.717) is 22.2 Å². The van der Waals surface area contributed by atoms with Crippen LogP contribution in [0.4, 0.5) is 0 Å². The van der Waals surface area contributed by atoms with E-state index >= 15 is 0 Å². The maximum Gasteiger partial charge on any atom is 0.268 e. The highest BCUT2D eigenvalue weighted by Crippen LogP contribution is 2.35. The van der Waals surface area contributed by atoms with Crippen molar-refractivity contribution in [1.29, 1.82) is 0 Å². The number of hydrogen-bond acceptors (Lipinski definition) is 6. The van der Waals surface area contributed by atoms with E-state index < -0.39 is 5.72 Å². The van der Waals surface area contributed by atoms with E-state index in [1.165, 1.54) is 12.8 Å². The molecule has 0 amide bonds. The summed E-state index contributed by atoms with van der Waals surface area (Å²) in [5.41, 5.74) is 0.440. The fraction of sp³-hybridized carbons (Fsp3) is 0.222. The highest BCUT2D eigenvalue weighted by molar-refractivity contribution is 6.22. The smallest absolute Gasteiger partial charge is 0.268 e. The van der Waals surface area contributed by atoms with Crippen molar-refractivity contribution in [3.05, 3.63) is 17.2 Å². The summed E-state index contributed by atoms with van der Waals surface area (Å²) in [4.78, 5) is 12.5. The quantitative estimate of drug-likeness (QED) is 0.529. The second-order valence-corrected chi connectivity index (χ2v) is 3.35. The minimum absolute atomic E-state index is 0.278. The van der Waals surface area contributed by atoms with Crippen molar-refractivity contribution in [2.75, 3.05) is 6.73 Å². The fourth-order valence-corrected chi connectivity index (χ4v) is 1.97. The van der Waals surface area contributed by atoms with E-state index in [4.69, 9.17) is 13.9 Å². The van der Waals surface area contributed by atoms with Gasteiger partial charge in [0.15, 0.2) is 29.3 Å². The molecule has 0 bridgehead atoms. The van der Waals surface area contributed by atoms with Crippen molar-refractivity contribution in [3.8, 4) is 0 Å². The van der Waals surface area contributed by atoms with Crippen LogP contribution in [0.3, 0.4) is 0 Å². The third-order valence-electron chi connectivity index (χ3n) is 2.65. The lowest BCUT2D eigenvalue weighted by Crippen LogP contribution is -2.45. The summed E-state index contributed by atoms with van der Waals surface area (Å²) in [7, 11) is 0. The van der Waals surface area contributed by atoms with E-state index in [2.05, 4.69) is 15.0 Å². The minimum Gasteiger partial charge on any atom is -0.443 e. The van der Waals surface area contributed by atoms with Gasteiger partial charge < -0.3 is 13.9 Å². The number of fused-ring (bicyclic) bond motifs is 1. The highest BCUT2D eigenvalue weighted by atomic mass is 16.6. The predicted molar refractivity (Wildman–Crippen MR) is 49.3 cm³/mol. The van der Waals surface area contributed by atoms with Crippen LogP contribution in [0.25, 0.3) is 11.8 Å².